The molecule has 1 aromatic carbocycles. The van der Waals surface area contributed by atoms with E-state index in [0.717, 1.165) is 43.9 Å². The van der Waals surface area contributed by atoms with Crippen LogP contribution in [0.1, 0.15) is 37.8 Å². The topological polar surface area (TPSA) is 50.2 Å². The highest BCUT2D eigenvalue weighted by Gasteiger charge is 2.32. The molecular weight excluding hydrogens is 324 g/mol. The molecule has 0 spiro atoms. The first kappa shape index (κ1) is 17.1. The summed E-state index contributed by atoms with van der Waals surface area (Å²) in [7, 11) is 0. The van der Waals surface area contributed by atoms with E-state index in [1.165, 1.54) is 25.0 Å². The van der Waals surface area contributed by atoms with Crippen molar-refractivity contribution in [2.24, 2.45) is 5.92 Å². The van der Waals surface area contributed by atoms with Crippen molar-refractivity contribution in [1.29, 1.82) is 0 Å². The van der Waals surface area contributed by atoms with Gasteiger partial charge in [-0.25, -0.2) is 9.78 Å². The minimum atomic E-state index is 0.124. The predicted octanol–water partition coefficient (Wildman–Crippen LogP) is 3.83. The van der Waals surface area contributed by atoms with Gasteiger partial charge in [0.25, 0.3) is 0 Å². The van der Waals surface area contributed by atoms with Crippen molar-refractivity contribution in [3.05, 3.63) is 42.2 Å². The third kappa shape index (κ3) is 3.62. The number of amides is 2. The third-order valence-electron chi connectivity index (χ3n) is 5.71. The summed E-state index contributed by atoms with van der Waals surface area (Å²) >= 11 is 0. The van der Waals surface area contributed by atoms with Gasteiger partial charge < -0.3 is 14.8 Å². The average molecular weight is 352 g/mol. The van der Waals surface area contributed by atoms with E-state index in [2.05, 4.69) is 33.9 Å². The number of nitrogens with one attached hydrogen (secondary N) is 1. The Morgan fingerprint density at radius 1 is 1.15 bits per heavy atom. The van der Waals surface area contributed by atoms with Crippen LogP contribution < -0.4 is 5.32 Å². The van der Waals surface area contributed by atoms with Crippen LogP contribution in [0.3, 0.4) is 0 Å². The second-order valence-corrected chi connectivity index (χ2v) is 7.76. The number of aromatic nitrogens is 2. The van der Waals surface area contributed by atoms with Crippen LogP contribution in [0.5, 0.6) is 0 Å². The van der Waals surface area contributed by atoms with Gasteiger partial charge in [-0.1, -0.05) is 49.6 Å². The summed E-state index contributed by atoms with van der Waals surface area (Å²) in [5, 5.41) is 3.22. The van der Waals surface area contributed by atoms with Gasteiger partial charge in [0.15, 0.2) is 0 Å². The van der Waals surface area contributed by atoms with E-state index in [1.807, 2.05) is 29.3 Å². The number of nitrogens with zero attached hydrogens (tertiary/aromatic N) is 3. The minimum Gasteiger partial charge on any atom is -0.335 e. The van der Waals surface area contributed by atoms with Crippen molar-refractivity contribution in [2.75, 3.05) is 13.1 Å². The maximum Gasteiger partial charge on any atom is 0.317 e. The van der Waals surface area contributed by atoms with Gasteiger partial charge >= 0.3 is 6.03 Å². The van der Waals surface area contributed by atoms with E-state index in [0.29, 0.717) is 12.0 Å². The molecule has 2 fully saturated rings. The number of urea groups is 1. The van der Waals surface area contributed by atoms with Gasteiger partial charge in [0.05, 0.1) is 0 Å². The Morgan fingerprint density at radius 2 is 1.88 bits per heavy atom. The first-order valence-electron chi connectivity index (χ1n) is 9.83. The molecule has 0 radical (unpaired) electrons. The van der Waals surface area contributed by atoms with Crippen molar-refractivity contribution in [3.63, 3.8) is 0 Å². The van der Waals surface area contributed by atoms with Gasteiger partial charge in [-0.2, -0.15) is 0 Å². The van der Waals surface area contributed by atoms with Gasteiger partial charge in [-0.15, -0.1) is 0 Å². The number of imidazole rings is 1. The number of likely N-dealkylation sites (tertiary alicyclic amines) is 1. The molecule has 2 aromatic rings. The number of hydrogen-bond donors (Lipinski definition) is 1. The van der Waals surface area contributed by atoms with Crippen LogP contribution >= 0.6 is 0 Å². The predicted molar refractivity (Wildman–Crippen MR) is 103 cm³/mol. The van der Waals surface area contributed by atoms with E-state index in [9.17, 15) is 4.79 Å². The summed E-state index contributed by atoms with van der Waals surface area (Å²) in [5.41, 5.74) is 2.32. The zero-order valence-electron chi connectivity index (χ0n) is 15.5. The Balaban J connectivity index is 1.33. The van der Waals surface area contributed by atoms with Crippen LogP contribution in [0.2, 0.25) is 0 Å². The largest absolute Gasteiger partial charge is 0.335 e. The molecule has 1 aliphatic heterocycles. The first-order chi connectivity index (χ1) is 12.7. The standard InChI is InChI=1S/C21H28N4O/c1-16-12-22-20(18-8-4-2-5-9-18)25(16)15-17-13-24(14-17)21(26)23-19-10-6-3-7-11-19/h2,4-5,8-9,12,17,19H,3,6-7,10-11,13-15H2,1H3,(H,23,26). The lowest BCUT2D eigenvalue weighted by Gasteiger charge is -2.40. The molecule has 0 atom stereocenters. The molecule has 2 aliphatic rings. The van der Waals surface area contributed by atoms with E-state index in [4.69, 9.17) is 0 Å². The van der Waals surface area contributed by atoms with E-state index in [-0.39, 0.29) is 6.03 Å². The molecule has 26 heavy (non-hydrogen) atoms. The fraction of sp³-hybridized carbons (Fsp3) is 0.524. The molecule has 5 nitrogen and oxygen atoms in total. The van der Waals surface area contributed by atoms with Crippen LogP contribution in [0.15, 0.2) is 36.5 Å². The van der Waals surface area contributed by atoms with Gasteiger partial charge in [0, 0.05) is 49.0 Å². The lowest BCUT2D eigenvalue weighted by atomic mass is 9.95. The van der Waals surface area contributed by atoms with Crippen LogP contribution in [0.4, 0.5) is 4.79 Å². The van der Waals surface area contributed by atoms with Crippen LogP contribution in [-0.2, 0) is 6.54 Å². The fourth-order valence-electron chi connectivity index (χ4n) is 4.13. The van der Waals surface area contributed by atoms with Crippen LogP contribution in [0.25, 0.3) is 11.4 Å². The monoisotopic (exact) mass is 352 g/mol. The van der Waals surface area contributed by atoms with Gasteiger partial charge in [-0.05, 0) is 19.8 Å². The number of aryl methyl sites for hydroxylation is 1. The highest BCUT2D eigenvalue weighted by atomic mass is 16.2. The normalized spacial score (nSPS) is 18.6. The summed E-state index contributed by atoms with van der Waals surface area (Å²) in [5.74, 6) is 1.52. The average Bonchev–Trinajstić information content (AvgIpc) is 2.99. The van der Waals surface area contributed by atoms with Crippen molar-refractivity contribution >= 4 is 6.03 Å². The van der Waals surface area contributed by atoms with Crippen molar-refractivity contribution in [1.82, 2.24) is 19.8 Å². The Hall–Kier alpha value is -2.30. The maximum absolute atomic E-state index is 12.4. The molecule has 0 bridgehead atoms. The van der Waals surface area contributed by atoms with Crippen molar-refractivity contribution < 1.29 is 4.79 Å². The Bertz CT molecular complexity index is 743. The Labute approximate surface area is 155 Å². The smallest absolute Gasteiger partial charge is 0.317 e. The molecule has 1 N–H and O–H groups in total. The summed E-state index contributed by atoms with van der Waals surface area (Å²) in [6, 6.07) is 10.8. The molecule has 1 aromatic heterocycles. The second kappa shape index (κ2) is 7.52. The molecule has 5 heteroatoms. The Morgan fingerprint density at radius 3 is 2.62 bits per heavy atom. The zero-order chi connectivity index (χ0) is 17.9. The molecular formula is C21H28N4O. The lowest BCUT2D eigenvalue weighted by molar-refractivity contribution is 0.107. The highest BCUT2D eigenvalue weighted by Crippen LogP contribution is 2.25. The van der Waals surface area contributed by atoms with Crippen LogP contribution in [-0.4, -0.2) is 39.6 Å². The third-order valence-corrected chi connectivity index (χ3v) is 5.71. The number of hydrogen-bond acceptors (Lipinski definition) is 2. The summed E-state index contributed by atoms with van der Waals surface area (Å²) in [6.45, 7) is 4.70. The molecule has 1 saturated heterocycles. The zero-order valence-corrected chi connectivity index (χ0v) is 15.5. The number of rotatable bonds is 4. The van der Waals surface area contributed by atoms with E-state index in [1.54, 1.807) is 0 Å². The van der Waals surface area contributed by atoms with Gasteiger partial charge in [0.1, 0.15) is 5.82 Å². The van der Waals surface area contributed by atoms with Gasteiger partial charge in [-0.3, -0.25) is 0 Å². The molecule has 2 heterocycles. The summed E-state index contributed by atoms with van der Waals surface area (Å²) < 4.78 is 2.29. The van der Waals surface area contributed by atoms with Crippen molar-refractivity contribution in [3.8, 4) is 11.4 Å². The molecule has 2 amide bonds. The minimum absolute atomic E-state index is 0.124. The number of carbonyl (C=O) groups excluding carboxylic acids is 1. The lowest BCUT2D eigenvalue weighted by Crippen LogP contribution is -2.56. The quantitative estimate of drug-likeness (QED) is 0.909. The first-order valence-corrected chi connectivity index (χ1v) is 9.83. The molecule has 4 rings (SSSR count). The second-order valence-electron chi connectivity index (χ2n) is 7.76. The highest BCUT2D eigenvalue weighted by molar-refractivity contribution is 5.75. The summed E-state index contributed by atoms with van der Waals surface area (Å²) in [4.78, 5) is 18.9. The van der Waals surface area contributed by atoms with Crippen LogP contribution in [0, 0.1) is 12.8 Å². The van der Waals surface area contributed by atoms with Gasteiger partial charge in [0.2, 0.25) is 0 Å². The van der Waals surface area contributed by atoms with E-state index >= 15 is 0 Å². The molecule has 0 unspecified atom stereocenters. The van der Waals surface area contributed by atoms with Crippen molar-refractivity contribution in [2.45, 2.75) is 51.6 Å². The SMILES string of the molecule is Cc1cnc(-c2ccccc2)n1CC1CN(C(=O)NC2CCCCC2)C1. The molecule has 1 saturated carbocycles. The van der Waals surface area contributed by atoms with E-state index < -0.39 is 0 Å². The summed E-state index contributed by atoms with van der Waals surface area (Å²) in [6.07, 6.45) is 8.02. The molecule has 138 valence electrons. The number of carbonyl (C=O) groups is 1. The number of benzene rings is 1. The fourth-order valence-corrected chi connectivity index (χ4v) is 4.13. The maximum atomic E-state index is 12.4. The molecule has 1 aliphatic carbocycles. The Kier molecular flexibility index (Phi) is 4.96.